The number of ketones is 1. The SMILES string of the molecule is CCC(CC)C(=O)/C=C(\O)C(CC)CC.[CH2-][n+]1c(-c2[c-]ccc3c2sc2ncccc23)ccc2c3ccccc3ccc21.[Ir]. The van der Waals surface area contributed by atoms with Crippen LogP contribution in [0.2, 0.25) is 0 Å². The number of carbonyl (C=O) groups excluding carboxylic acids is 1. The van der Waals surface area contributed by atoms with Crippen LogP contribution in [-0.2, 0) is 24.9 Å². The van der Waals surface area contributed by atoms with Gasteiger partial charge in [-0.3, -0.25) is 4.79 Å². The second-order valence-corrected chi connectivity index (χ2v) is 11.9. The number of aromatic nitrogens is 2. The Morgan fingerprint density at radius 3 is 2.32 bits per heavy atom. The molecule has 1 N–H and O–H groups in total. The zero-order valence-corrected chi connectivity index (χ0v) is 29.0. The molecular weight excluding hydrogens is 741 g/mol. The molecule has 0 saturated carbocycles. The van der Waals surface area contributed by atoms with Gasteiger partial charge in [-0.25, -0.2) is 4.98 Å². The Kier molecular flexibility index (Phi) is 11.3. The van der Waals surface area contributed by atoms with E-state index in [1.807, 2.05) is 50.6 Å². The molecule has 3 heterocycles. The van der Waals surface area contributed by atoms with Crippen molar-refractivity contribution in [3.05, 3.63) is 104 Å². The largest absolute Gasteiger partial charge is 0.512 e. The zero-order valence-electron chi connectivity index (χ0n) is 25.8. The van der Waals surface area contributed by atoms with Crippen molar-refractivity contribution in [2.24, 2.45) is 11.8 Å². The van der Waals surface area contributed by atoms with E-state index in [0.29, 0.717) is 0 Å². The van der Waals surface area contributed by atoms with Gasteiger partial charge < -0.3 is 9.67 Å². The maximum Gasteiger partial charge on any atom is 0.162 e. The number of hydrogen-bond donors (Lipinski definition) is 1. The van der Waals surface area contributed by atoms with Crippen LogP contribution in [0.4, 0.5) is 0 Å². The number of fused-ring (bicyclic) bond motifs is 6. The summed E-state index contributed by atoms with van der Waals surface area (Å²) in [6.07, 6.45) is 6.76. The Morgan fingerprint density at radius 1 is 0.886 bits per heavy atom. The van der Waals surface area contributed by atoms with E-state index in [4.69, 9.17) is 0 Å². The van der Waals surface area contributed by atoms with Crippen molar-refractivity contribution < 1.29 is 34.6 Å². The minimum Gasteiger partial charge on any atom is -0.512 e. The first kappa shape index (κ1) is 33.3. The van der Waals surface area contributed by atoms with Gasteiger partial charge in [0.1, 0.15) is 16.0 Å². The van der Waals surface area contributed by atoms with Crippen LogP contribution >= 0.6 is 11.3 Å². The van der Waals surface area contributed by atoms with E-state index in [1.54, 1.807) is 11.3 Å². The summed E-state index contributed by atoms with van der Waals surface area (Å²) < 4.78 is 3.24. The molecule has 0 aliphatic carbocycles. The fourth-order valence-corrected chi connectivity index (χ4v) is 6.99. The molecule has 4 nitrogen and oxygen atoms in total. The number of aliphatic hydroxyl groups excluding tert-OH is 1. The summed E-state index contributed by atoms with van der Waals surface area (Å²) in [6, 6.07) is 28.9. The Hall–Kier alpha value is -3.57. The van der Waals surface area contributed by atoms with E-state index in [-0.39, 0.29) is 43.5 Å². The molecule has 6 heteroatoms. The molecule has 0 unspecified atom stereocenters. The normalized spacial score (nSPS) is 11.7. The fraction of sp³-hybridized carbons (Fsp3) is 0.263. The Morgan fingerprint density at radius 2 is 1.59 bits per heavy atom. The molecule has 1 radical (unpaired) electrons. The quantitative estimate of drug-likeness (QED) is 0.0551. The maximum atomic E-state index is 11.7. The van der Waals surface area contributed by atoms with E-state index >= 15 is 0 Å². The Balaban J connectivity index is 0.000000239. The second kappa shape index (κ2) is 14.9. The van der Waals surface area contributed by atoms with Gasteiger partial charge in [-0.05, 0) is 70.1 Å². The van der Waals surface area contributed by atoms with Crippen LogP contribution in [0.1, 0.15) is 53.4 Å². The van der Waals surface area contributed by atoms with Gasteiger partial charge in [0.2, 0.25) is 0 Å². The number of allylic oxidation sites excluding steroid dienone is 2. The van der Waals surface area contributed by atoms with Crippen molar-refractivity contribution in [3.8, 4) is 11.3 Å². The summed E-state index contributed by atoms with van der Waals surface area (Å²) in [5.74, 6) is 0.547. The molecule has 6 rings (SSSR count). The van der Waals surface area contributed by atoms with Gasteiger partial charge in [-0.15, -0.1) is 18.2 Å². The number of rotatable bonds is 8. The molecule has 0 saturated heterocycles. The fourth-order valence-electron chi connectivity index (χ4n) is 5.84. The molecule has 0 aliphatic rings. The van der Waals surface area contributed by atoms with Crippen LogP contribution in [-0.4, -0.2) is 15.9 Å². The molecule has 0 amide bonds. The van der Waals surface area contributed by atoms with Gasteiger partial charge >= 0.3 is 0 Å². The van der Waals surface area contributed by atoms with E-state index in [1.165, 1.54) is 37.7 Å². The smallest absolute Gasteiger partial charge is 0.162 e. The van der Waals surface area contributed by atoms with Crippen LogP contribution < -0.4 is 4.57 Å². The van der Waals surface area contributed by atoms with E-state index in [9.17, 15) is 9.90 Å². The van der Waals surface area contributed by atoms with Crippen LogP contribution in [0.5, 0.6) is 0 Å². The third-order valence-corrected chi connectivity index (χ3v) is 9.63. The molecule has 0 atom stereocenters. The first-order chi connectivity index (χ1) is 20.9. The minimum absolute atomic E-state index is 0. The third kappa shape index (κ3) is 6.58. The van der Waals surface area contributed by atoms with Crippen molar-refractivity contribution in [1.29, 1.82) is 0 Å². The number of thiophene rings is 1. The minimum atomic E-state index is 0. The summed E-state index contributed by atoms with van der Waals surface area (Å²) in [5, 5.41) is 15.9. The number of aliphatic hydroxyl groups is 1. The van der Waals surface area contributed by atoms with Crippen molar-refractivity contribution in [2.45, 2.75) is 53.4 Å². The van der Waals surface area contributed by atoms with Gasteiger partial charge in [0.25, 0.3) is 0 Å². The average molecular weight is 780 g/mol. The van der Waals surface area contributed by atoms with Crippen molar-refractivity contribution >= 4 is 59.1 Å². The van der Waals surface area contributed by atoms with Crippen LogP contribution in [0.15, 0.2) is 90.8 Å². The molecule has 0 spiro atoms. The predicted octanol–water partition coefficient (Wildman–Crippen LogP) is 10.0. The summed E-state index contributed by atoms with van der Waals surface area (Å²) in [5.41, 5.74) is 3.24. The van der Waals surface area contributed by atoms with Crippen LogP contribution in [0.3, 0.4) is 0 Å². The van der Waals surface area contributed by atoms with E-state index in [0.717, 1.165) is 47.3 Å². The average Bonchev–Trinajstić information content (AvgIpc) is 3.42. The molecular formula is C38H39IrN2O2S-. The van der Waals surface area contributed by atoms with Gasteiger partial charge in [0.05, 0.1) is 5.76 Å². The number of benzene rings is 3. The van der Waals surface area contributed by atoms with Gasteiger partial charge in [0.15, 0.2) is 5.78 Å². The third-order valence-electron chi connectivity index (χ3n) is 8.48. The van der Waals surface area contributed by atoms with Crippen molar-refractivity contribution in [2.75, 3.05) is 0 Å². The predicted molar refractivity (Wildman–Crippen MR) is 181 cm³/mol. The van der Waals surface area contributed by atoms with E-state index in [2.05, 4.69) is 78.8 Å². The first-order valence-corrected chi connectivity index (χ1v) is 16.0. The molecule has 3 aromatic heterocycles. The first-order valence-electron chi connectivity index (χ1n) is 15.2. The monoisotopic (exact) mass is 780 g/mol. The summed E-state index contributed by atoms with van der Waals surface area (Å²) >= 11 is 1.72. The molecule has 0 bridgehead atoms. The van der Waals surface area contributed by atoms with Crippen molar-refractivity contribution in [3.63, 3.8) is 0 Å². The Labute approximate surface area is 277 Å². The van der Waals surface area contributed by atoms with Crippen LogP contribution in [0.25, 0.3) is 53.2 Å². The van der Waals surface area contributed by atoms with Gasteiger partial charge in [-0.2, -0.15) is 11.3 Å². The number of pyridine rings is 2. The second-order valence-electron chi connectivity index (χ2n) is 10.9. The Bertz CT molecular complexity index is 1940. The van der Waals surface area contributed by atoms with Gasteiger partial charge in [-0.1, -0.05) is 81.1 Å². The number of nitrogens with zero attached hydrogens (tertiary/aromatic N) is 2. The maximum absolute atomic E-state index is 11.7. The molecule has 44 heavy (non-hydrogen) atoms. The topological polar surface area (TPSA) is 54.1 Å². The van der Waals surface area contributed by atoms with Crippen LogP contribution in [0, 0.1) is 24.9 Å². The molecule has 6 aromatic rings. The van der Waals surface area contributed by atoms with Gasteiger partial charge in [0, 0.05) is 51.3 Å². The number of carbonyl (C=O) groups is 1. The molecule has 0 fully saturated rings. The molecule has 3 aromatic carbocycles. The van der Waals surface area contributed by atoms with E-state index < -0.39 is 0 Å². The molecule has 0 aliphatic heterocycles. The summed E-state index contributed by atoms with van der Waals surface area (Å²) in [6.45, 7) is 8.07. The zero-order chi connectivity index (χ0) is 30.5. The summed E-state index contributed by atoms with van der Waals surface area (Å²) in [7, 11) is 4.38. The molecule has 229 valence electrons. The number of hydrogen-bond acceptors (Lipinski definition) is 4. The summed E-state index contributed by atoms with van der Waals surface area (Å²) in [4.78, 5) is 17.3. The van der Waals surface area contributed by atoms with Crippen molar-refractivity contribution in [1.82, 2.24) is 4.98 Å². The standard InChI is InChI=1S/C25H15N2S.C13H24O2.Ir/c1-27-22-13-11-16-6-2-3-7-17(16)18(22)12-14-23(27)21-9-4-8-19-20-10-5-15-26-25(20)28-24(19)21;1-5-10(6-2)12(14)9-13(15)11(7-3)8-4;/h2-8,10-15H,1H2;9-11,14H,5-8H2,1-4H3;/q-1;;/b;12-9-;.